The van der Waals surface area contributed by atoms with Gasteiger partial charge in [0.05, 0.1) is 12.1 Å². The molecule has 0 fully saturated rings. The Kier molecular flexibility index (Phi) is 5.77. The van der Waals surface area contributed by atoms with Crippen LogP contribution in [0.15, 0.2) is 72.8 Å². The summed E-state index contributed by atoms with van der Waals surface area (Å²) in [6, 6.07) is 22.7. The van der Waals surface area contributed by atoms with Gasteiger partial charge in [-0.25, -0.2) is 0 Å². The lowest BCUT2D eigenvalue weighted by Crippen LogP contribution is -2.20. The molecule has 0 heterocycles. The van der Waals surface area contributed by atoms with Crippen molar-refractivity contribution in [3.8, 4) is 22.6 Å². The van der Waals surface area contributed by atoms with E-state index in [1.807, 2.05) is 54.6 Å². The zero-order chi connectivity index (χ0) is 18.4. The molecule has 3 aromatic rings. The molecule has 1 N–H and O–H groups in total. The lowest BCUT2D eigenvalue weighted by atomic mass is 10.1. The minimum absolute atomic E-state index is 0.0890. The number of benzene rings is 3. The second kappa shape index (κ2) is 8.41. The van der Waals surface area contributed by atoms with Crippen molar-refractivity contribution in [2.24, 2.45) is 0 Å². The van der Waals surface area contributed by atoms with Crippen LogP contribution in [0.2, 0.25) is 5.02 Å². The molecule has 0 saturated carbocycles. The SMILES string of the molecule is COc1ccc(NC(=O)COc2ccc(-c3ccccc3)cc2)cc1Cl. The van der Waals surface area contributed by atoms with Gasteiger partial charge in [-0.1, -0.05) is 54.1 Å². The fourth-order valence-corrected chi connectivity index (χ4v) is 2.72. The molecule has 0 aliphatic carbocycles. The van der Waals surface area contributed by atoms with Crippen LogP contribution in [0.4, 0.5) is 5.69 Å². The molecule has 1 amide bonds. The molecule has 0 aromatic heterocycles. The number of halogens is 1. The van der Waals surface area contributed by atoms with E-state index in [4.69, 9.17) is 21.1 Å². The molecule has 0 saturated heterocycles. The molecule has 3 rings (SSSR count). The quantitative estimate of drug-likeness (QED) is 0.664. The molecule has 5 heteroatoms. The highest BCUT2D eigenvalue weighted by Crippen LogP contribution is 2.27. The van der Waals surface area contributed by atoms with Crippen LogP contribution in [0.3, 0.4) is 0 Å². The molecule has 0 bridgehead atoms. The molecule has 0 aliphatic heterocycles. The molecule has 0 spiro atoms. The Labute approximate surface area is 157 Å². The van der Waals surface area contributed by atoms with Gasteiger partial charge < -0.3 is 14.8 Å². The van der Waals surface area contributed by atoms with E-state index >= 15 is 0 Å². The molecule has 0 radical (unpaired) electrons. The second-order valence-electron chi connectivity index (χ2n) is 5.58. The van der Waals surface area contributed by atoms with E-state index in [2.05, 4.69) is 5.32 Å². The Balaban J connectivity index is 1.55. The summed E-state index contributed by atoms with van der Waals surface area (Å²) in [5.41, 5.74) is 2.81. The van der Waals surface area contributed by atoms with Crippen LogP contribution in [0.1, 0.15) is 0 Å². The Morgan fingerprint density at radius 1 is 0.962 bits per heavy atom. The van der Waals surface area contributed by atoms with Crippen molar-refractivity contribution in [3.63, 3.8) is 0 Å². The van der Waals surface area contributed by atoms with Crippen LogP contribution in [-0.4, -0.2) is 19.6 Å². The van der Waals surface area contributed by atoms with E-state index < -0.39 is 0 Å². The van der Waals surface area contributed by atoms with E-state index in [1.54, 1.807) is 18.2 Å². The van der Waals surface area contributed by atoms with Gasteiger partial charge in [-0.05, 0) is 41.5 Å². The second-order valence-corrected chi connectivity index (χ2v) is 5.98. The number of nitrogens with one attached hydrogen (secondary N) is 1. The number of amides is 1. The molecule has 0 atom stereocenters. The minimum atomic E-state index is -0.265. The first-order chi connectivity index (χ1) is 12.7. The average Bonchev–Trinajstić information content (AvgIpc) is 2.68. The van der Waals surface area contributed by atoms with Crippen LogP contribution >= 0.6 is 11.6 Å². The van der Waals surface area contributed by atoms with E-state index in [0.29, 0.717) is 22.2 Å². The monoisotopic (exact) mass is 367 g/mol. The van der Waals surface area contributed by atoms with Gasteiger partial charge in [0, 0.05) is 5.69 Å². The average molecular weight is 368 g/mol. The molecule has 26 heavy (non-hydrogen) atoms. The molecule has 132 valence electrons. The molecule has 4 nitrogen and oxygen atoms in total. The highest BCUT2D eigenvalue weighted by Gasteiger charge is 2.07. The third kappa shape index (κ3) is 4.55. The topological polar surface area (TPSA) is 47.6 Å². The number of ether oxygens (including phenoxy) is 2. The smallest absolute Gasteiger partial charge is 0.262 e. The third-order valence-corrected chi connectivity index (χ3v) is 4.06. The summed E-state index contributed by atoms with van der Waals surface area (Å²) in [6.45, 7) is -0.0890. The van der Waals surface area contributed by atoms with Crippen molar-refractivity contribution < 1.29 is 14.3 Å². The van der Waals surface area contributed by atoms with Crippen molar-refractivity contribution >= 4 is 23.2 Å². The summed E-state index contributed by atoms with van der Waals surface area (Å²) in [6.07, 6.45) is 0. The summed E-state index contributed by atoms with van der Waals surface area (Å²) >= 11 is 6.04. The van der Waals surface area contributed by atoms with Crippen LogP contribution in [0.5, 0.6) is 11.5 Å². The first-order valence-electron chi connectivity index (χ1n) is 8.07. The molecular formula is C21H18ClNO3. The number of carbonyl (C=O) groups is 1. The van der Waals surface area contributed by atoms with Gasteiger partial charge in [-0.2, -0.15) is 0 Å². The highest BCUT2D eigenvalue weighted by atomic mass is 35.5. The zero-order valence-corrected chi connectivity index (χ0v) is 15.0. The Bertz CT molecular complexity index is 880. The fourth-order valence-electron chi connectivity index (χ4n) is 2.46. The van der Waals surface area contributed by atoms with Crippen molar-refractivity contribution in [2.45, 2.75) is 0 Å². The Morgan fingerprint density at radius 3 is 2.31 bits per heavy atom. The van der Waals surface area contributed by atoms with Gasteiger partial charge in [0.2, 0.25) is 0 Å². The van der Waals surface area contributed by atoms with Gasteiger partial charge in [0.1, 0.15) is 11.5 Å². The van der Waals surface area contributed by atoms with Gasteiger partial charge in [-0.15, -0.1) is 0 Å². The third-order valence-electron chi connectivity index (χ3n) is 3.77. The minimum Gasteiger partial charge on any atom is -0.495 e. The predicted molar refractivity (Wildman–Crippen MR) is 104 cm³/mol. The Hall–Kier alpha value is -2.98. The number of methoxy groups -OCH3 is 1. The van der Waals surface area contributed by atoms with E-state index in [0.717, 1.165) is 11.1 Å². The Morgan fingerprint density at radius 2 is 1.65 bits per heavy atom. The molecule has 3 aromatic carbocycles. The normalized spacial score (nSPS) is 10.2. The van der Waals surface area contributed by atoms with Crippen LogP contribution in [0.25, 0.3) is 11.1 Å². The summed E-state index contributed by atoms with van der Waals surface area (Å²) in [5, 5.41) is 3.17. The van der Waals surface area contributed by atoms with Crippen molar-refractivity contribution in [2.75, 3.05) is 19.0 Å². The summed E-state index contributed by atoms with van der Waals surface area (Å²) in [7, 11) is 1.54. The first kappa shape index (κ1) is 17.8. The van der Waals surface area contributed by atoms with Gasteiger partial charge in [-0.3, -0.25) is 4.79 Å². The summed E-state index contributed by atoms with van der Waals surface area (Å²) in [5.74, 6) is 0.922. The van der Waals surface area contributed by atoms with Crippen molar-refractivity contribution in [3.05, 3.63) is 77.8 Å². The maximum Gasteiger partial charge on any atom is 0.262 e. The zero-order valence-electron chi connectivity index (χ0n) is 14.2. The number of hydrogen-bond acceptors (Lipinski definition) is 3. The molecule has 0 aliphatic rings. The number of carbonyl (C=O) groups excluding carboxylic acids is 1. The van der Waals surface area contributed by atoms with Crippen molar-refractivity contribution in [1.29, 1.82) is 0 Å². The number of hydrogen-bond donors (Lipinski definition) is 1. The van der Waals surface area contributed by atoms with Gasteiger partial charge in [0.15, 0.2) is 6.61 Å². The van der Waals surface area contributed by atoms with Crippen LogP contribution in [0, 0.1) is 0 Å². The van der Waals surface area contributed by atoms with Crippen LogP contribution < -0.4 is 14.8 Å². The fraction of sp³-hybridized carbons (Fsp3) is 0.0952. The number of rotatable bonds is 6. The largest absolute Gasteiger partial charge is 0.495 e. The standard InChI is InChI=1S/C21H18ClNO3/c1-25-20-12-9-17(13-19(20)22)23-21(24)14-26-18-10-7-16(8-11-18)15-5-3-2-4-6-15/h2-13H,14H2,1H3,(H,23,24). The molecule has 0 unspecified atom stereocenters. The first-order valence-corrected chi connectivity index (χ1v) is 8.45. The summed E-state index contributed by atoms with van der Waals surface area (Å²) in [4.78, 5) is 12.0. The van der Waals surface area contributed by atoms with E-state index in [9.17, 15) is 4.79 Å². The van der Waals surface area contributed by atoms with E-state index in [-0.39, 0.29) is 12.5 Å². The predicted octanol–water partition coefficient (Wildman–Crippen LogP) is 5.03. The van der Waals surface area contributed by atoms with Gasteiger partial charge in [0.25, 0.3) is 5.91 Å². The van der Waals surface area contributed by atoms with Crippen LogP contribution in [-0.2, 0) is 4.79 Å². The lowest BCUT2D eigenvalue weighted by molar-refractivity contribution is -0.118. The maximum absolute atomic E-state index is 12.0. The molecular weight excluding hydrogens is 350 g/mol. The lowest BCUT2D eigenvalue weighted by Gasteiger charge is -2.10. The summed E-state index contributed by atoms with van der Waals surface area (Å²) < 4.78 is 10.6. The van der Waals surface area contributed by atoms with Gasteiger partial charge >= 0.3 is 0 Å². The highest BCUT2D eigenvalue weighted by molar-refractivity contribution is 6.32. The maximum atomic E-state index is 12.0. The van der Waals surface area contributed by atoms with Crippen molar-refractivity contribution in [1.82, 2.24) is 0 Å². The van der Waals surface area contributed by atoms with E-state index in [1.165, 1.54) is 7.11 Å². The number of anilines is 1.